The smallest absolute Gasteiger partial charge is 0.227 e. The van der Waals surface area contributed by atoms with E-state index >= 15 is 0 Å². The molecule has 3 aromatic heterocycles. The predicted octanol–water partition coefficient (Wildman–Crippen LogP) is 4.78. The first kappa shape index (κ1) is 20.2. The van der Waals surface area contributed by atoms with Crippen LogP contribution in [-0.4, -0.2) is 31.1 Å². The van der Waals surface area contributed by atoms with E-state index < -0.39 is 0 Å². The molecule has 0 saturated carbocycles. The van der Waals surface area contributed by atoms with Crippen molar-refractivity contribution in [2.45, 2.75) is 20.3 Å². The van der Waals surface area contributed by atoms with Gasteiger partial charge in [-0.05, 0) is 46.7 Å². The number of aromatic amines is 1. The van der Waals surface area contributed by atoms with E-state index in [0.717, 1.165) is 9.13 Å². The van der Waals surface area contributed by atoms with Gasteiger partial charge in [0.1, 0.15) is 12.1 Å². The van der Waals surface area contributed by atoms with Gasteiger partial charge in [0.05, 0.1) is 0 Å². The second-order valence-electron chi connectivity index (χ2n) is 7.09. The molecule has 30 heavy (non-hydrogen) atoms. The van der Waals surface area contributed by atoms with Crippen LogP contribution in [0.2, 0.25) is 0 Å². The van der Waals surface area contributed by atoms with Crippen molar-refractivity contribution in [3.63, 3.8) is 0 Å². The molecule has 0 fully saturated rings. The number of oxazole rings is 1. The molecular weight excluding hydrogens is 495 g/mol. The predicted molar refractivity (Wildman–Crippen MR) is 121 cm³/mol. The lowest BCUT2D eigenvalue weighted by atomic mass is 10.1. The highest BCUT2D eigenvalue weighted by molar-refractivity contribution is 14.1. The van der Waals surface area contributed by atoms with Gasteiger partial charge in [0.15, 0.2) is 17.3 Å². The lowest BCUT2D eigenvalue weighted by Gasteiger charge is -2.07. The molecule has 0 radical (unpaired) electrons. The highest BCUT2D eigenvalue weighted by Crippen LogP contribution is 2.36. The standard InChI is InChI=1S/C21H19IN6O2/c1-12(2)9-17(29)26-16-10-13(7-8-23-16)21-27-18(20-24-11-25-28-20)19(30-21)14-5-3-4-6-15(14)22/h3-8,10-12H,9H2,1-2H3,(H,23,26,29)(H,24,25,28). The zero-order valence-electron chi connectivity index (χ0n) is 16.4. The quantitative estimate of drug-likeness (QED) is 0.359. The van der Waals surface area contributed by atoms with Gasteiger partial charge in [0.2, 0.25) is 11.8 Å². The van der Waals surface area contributed by atoms with Crippen LogP contribution >= 0.6 is 22.6 Å². The van der Waals surface area contributed by atoms with Crippen molar-refractivity contribution in [1.82, 2.24) is 25.1 Å². The van der Waals surface area contributed by atoms with Crippen molar-refractivity contribution in [3.8, 4) is 34.3 Å². The molecule has 4 aromatic rings. The van der Waals surface area contributed by atoms with E-state index in [-0.39, 0.29) is 11.8 Å². The van der Waals surface area contributed by atoms with Gasteiger partial charge in [0, 0.05) is 27.3 Å². The first-order chi connectivity index (χ1) is 14.5. The second kappa shape index (κ2) is 8.74. The summed E-state index contributed by atoms with van der Waals surface area (Å²) in [6.07, 6.45) is 3.47. The summed E-state index contributed by atoms with van der Waals surface area (Å²) in [5, 5.41) is 9.60. The highest BCUT2D eigenvalue weighted by Gasteiger charge is 2.21. The summed E-state index contributed by atoms with van der Waals surface area (Å²) in [5.74, 6) is 2.14. The third-order valence-electron chi connectivity index (χ3n) is 4.25. The van der Waals surface area contributed by atoms with E-state index in [1.165, 1.54) is 6.33 Å². The number of benzene rings is 1. The monoisotopic (exact) mass is 514 g/mol. The Labute approximate surface area is 186 Å². The summed E-state index contributed by atoms with van der Waals surface area (Å²) in [6.45, 7) is 3.99. The van der Waals surface area contributed by atoms with Crippen molar-refractivity contribution >= 4 is 34.3 Å². The molecule has 0 aliphatic heterocycles. The van der Waals surface area contributed by atoms with E-state index in [4.69, 9.17) is 4.42 Å². The number of rotatable bonds is 6. The van der Waals surface area contributed by atoms with Crippen molar-refractivity contribution in [1.29, 1.82) is 0 Å². The topological polar surface area (TPSA) is 110 Å². The van der Waals surface area contributed by atoms with Crippen LogP contribution in [0.25, 0.3) is 34.3 Å². The number of hydrogen-bond acceptors (Lipinski definition) is 6. The Hall–Kier alpha value is -3.08. The number of aromatic nitrogens is 5. The van der Waals surface area contributed by atoms with Gasteiger partial charge in [-0.15, -0.1) is 0 Å². The molecular formula is C21H19IN6O2. The third-order valence-corrected chi connectivity index (χ3v) is 5.19. The van der Waals surface area contributed by atoms with Crippen molar-refractivity contribution < 1.29 is 9.21 Å². The third kappa shape index (κ3) is 4.40. The van der Waals surface area contributed by atoms with Crippen LogP contribution in [0.5, 0.6) is 0 Å². The van der Waals surface area contributed by atoms with Crippen LogP contribution < -0.4 is 5.32 Å². The zero-order valence-corrected chi connectivity index (χ0v) is 18.5. The maximum atomic E-state index is 12.1. The lowest BCUT2D eigenvalue weighted by molar-refractivity contribution is -0.116. The molecule has 0 bridgehead atoms. The van der Waals surface area contributed by atoms with Crippen molar-refractivity contribution in [2.24, 2.45) is 5.92 Å². The second-order valence-corrected chi connectivity index (χ2v) is 8.25. The van der Waals surface area contributed by atoms with Crippen LogP contribution in [0.1, 0.15) is 20.3 Å². The van der Waals surface area contributed by atoms with Crippen molar-refractivity contribution in [3.05, 3.63) is 52.5 Å². The van der Waals surface area contributed by atoms with Gasteiger partial charge in [-0.3, -0.25) is 9.89 Å². The maximum absolute atomic E-state index is 12.1. The van der Waals surface area contributed by atoms with E-state index in [1.807, 2.05) is 38.1 Å². The Morgan fingerprint density at radius 3 is 2.80 bits per heavy atom. The Balaban J connectivity index is 1.74. The molecule has 1 amide bonds. The number of anilines is 1. The van der Waals surface area contributed by atoms with Gasteiger partial charge in [-0.2, -0.15) is 5.10 Å². The van der Waals surface area contributed by atoms with Gasteiger partial charge >= 0.3 is 0 Å². The Bertz CT molecular complexity index is 1170. The zero-order chi connectivity index (χ0) is 21.1. The molecule has 1 aromatic carbocycles. The molecule has 3 heterocycles. The van der Waals surface area contributed by atoms with Crippen molar-refractivity contribution in [2.75, 3.05) is 5.32 Å². The number of amides is 1. The van der Waals surface area contributed by atoms with Crippen LogP contribution in [0, 0.1) is 9.49 Å². The normalized spacial score (nSPS) is 11.1. The molecule has 9 heteroatoms. The minimum Gasteiger partial charge on any atom is -0.435 e. The summed E-state index contributed by atoms with van der Waals surface area (Å²) >= 11 is 2.26. The van der Waals surface area contributed by atoms with Gasteiger partial charge in [-0.1, -0.05) is 32.0 Å². The Morgan fingerprint density at radius 2 is 2.07 bits per heavy atom. The first-order valence-electron chi connectivity index (χ1n) is 9.39. The van der Waals surface area contributed by atoms with E-state index in [2.05, 4.69) is 53.1 Å². The van der Waals surface area contributed by atoms with E-state index in [9.17, 15) is 4.79 Å². The molecule has 4 rings (SSSR count). The molecule has 0 aliphatic carbocycles. The average molecular weight is 514 g/mol. The molecule has 0 aliphatic rings. The van der Waals surface area contributed by atoms with Crippen LogP contribution in [0.4, 0.5) is 5.82 Å². The summed E-state index contributed by atoms with van der Waals surface area (Å²) in [7, 11) is 0. The molecule has 0 atom stereocenters. The average Bonchev–Trinajstić information content (AvgIpc) is 3.38. The Kier molecular flexibility index (Phi) is 5.88. The number of hydrogen-bond donors (Lipinski definition) is 2. The minimum atomic E-state index is -0.0797. The SMILES string of the molecule is CC(C)CC(=O)Nc1cc(-c2nc(-c3ncn[nH]3)c(-c3ccccc3I)o2)ccn1. The fourth-order valence-electron chi connectivity index (χ4n) is 2.95. The fraction of sp³-hybridized carbons (Fsp3) is 0.190. The number of halogens is 1. The number of nitrogens with zero attached hydrogens (tertiary/aromatic N) is 4. The fourth-order valence-corrected chi connectivity index (χ4v) is 3.58. The van der Waals surface area contributed by atoms with Gasteiger partial charge < -0.3 is 9.73 Å². The molecule has 8 nitrogen and oxygen atoms in total. The number of carbonyl (C=O) groups excluding carboxylic acids is 1. The van der Waals surface area contributed by atoms with E-state index in [1.54, 1.807) is 18.3 Å². The summed E-state index contributed by atoms with van der Waals surface area (Å²) in [6, 6.07) is 11.4. The largest absolute Gasteiger partial charge is 0.435 e. The molecule has 0 spiro atoms. The highest BCUT2D eigenvalue weighted by atomic mass is 127. The first-order valence-corrected chi connectivity index (χ1v) is 10.5. The molecule has 0 unspecified atom stereocenters. The summed E-state index contributed by atoms with van der Waals surface area (Å²) in [5.41, 5.74) is 2.17. The molecule has 152 valence electrons. The van der Waals surface area contributed by atoms with Gasteiger partial charge in [-0.25, -0.2) is 15.0 Å². The van der Waals surface area contributed by atoms with Crippen LogP contribution in [0.3, 0.4) is 0 Å². The number of pyridine rings is 1. The number of carbonyl (C=O) groups is 1. The minimum absolute atomic E-state index is 0.0797. The van der Waals surface area contributed by atoms with Crippen LogP contribution in [-0.2, 0) is 4.79 Å². The number of H-pyrrole nitrogens is 1. The Morgan fingerprint density at radius 1 is 1.23 bits per heavy atom. The maximum Gasteiger partial charge on any atom is 0.227 e. The number of nitrogens with one attached hydrogen (secondary N) is 2. The summed E-state index contributed by atoms with van der Waals surface area (Å²) in [4.78, 5) is 25.2. The van der Waals surface area contributed by atoms with Crippen LogP contribution in [0.15, 0.2) is 53.3 Å². The van der Waals surface area contributed by atoms with Gasteiger partial charge in [0.25, 0.3) is 0 Å². The lowest BCUT2D eigenvalue weighted by Crippen LogP contribution is -2.14. The molecule has 0 saturated heterocycles. The summed E-state index contributed by atoms with van der Waals surface area (Å²) < 4.78 is 7.19. The molecule has 2 N–H and O–H groups in total. The van der Waals surface area contributed by atoms with E-state index in [0.29, 0.717) is 41.0 Å².